The second kappa shape index (κ2) is 10.1. The maximum absolute atomic E-state index is 13.9. The molecule has 5 aromatic rings. The molecule has 0 unspecified atom stereocenters. The van der Waals surface area contributed by atoms with E-state index in [1.54, 1.807) is 28.8 Å². The summed E-state index contributed by atoms with van der Waals surface area (Å²) in [6.45, 7) is 0. The lowest BCUT2D eigenvalue weighted by atomic mass is 9.83. The number of rotatable bonds is 4. The highest BCUT2D eigenvalue weighted by Gasteiger charge is 2.32. The van der Waals surface area contributed by atoms with Crippen molar-refractivity contribution in [2.75, 3.05) is 0 Å². The van der Waals surface area contributed by atoms with Gasteiger partial charge in [-0.05, 0) is 65.9 Å². The first-order valence-corrected chi connectivity index (χ1v) is 14.8. The molecule has 1 atom stereocenters. The van der Waals surface area contributed by atoms with Crippen molar-refractivity contribution in [3.63, 3.8) is 0 Å². The lowest BCUT2D eigenvalue weighted by molar-refractivity contribution is -0.384. The van der Waals surface area contributed by atoms with Gasteiger partial charge in [0.1, 0.15) is 16.5 Å². The van der Waals surface area contributed by atoms with Gasteiger partial charge in [0, 0.05) is 27.7 Å². The van der Waals surface area contributed by atoms with Crippen molar-refractivity contribution in [2.45, 2.75) is 18.9 Å². The number of aromatic nitrogens is 1. The topological polar surface area (TPSA) is 90.6 Å². The molecule has 2 aromatic heterocycles. The van der Waals surface area contributed by atoms with E-state index in [1.165, 1.54) is 29.0 Å². The molecule has 0 saturated carbocycles. The third-order valence-electron chi connectivity index (χ3n) is 7.39. The monoisotopic (exact) mass is 643 g/mol. The predicted molar refractivity (Wildman–Crippen MR) is 163 cm³/mol. The van der Waals surface area contributed by atoms with Crippen molar-refractivity contribution in [2.24, 2.45) is 4.99 Å². The van der Waals surface area contributed by atoms with Gasteiger partial charge in [0.15, 0.2) is 4.80 Å². The number of benzene rings is 3. The Morgan fingerprint density at radius 2 is 1.88 bits per heavy atom. The largest absolute Gasteiger partial charge is 0.457 e. The number of halogens is 2. The molecule has 0 spiro atoms. The first-order chi connectivity index (χ1) is 19.9. The van der Waals surface area contributed by atoms with Gasteiger partial charge in [-0.2, -0.15) is 0 Å². The second-order valence-corrected chi connectivity index (χ2v) is 12.1. The normalized spacial score (nSPS) is 16.1. The van der Waals surface area contributed by atoms with Crippen LogP contribution in [0.4, 0.5) is 5.69 Å². The molecule has 202 valence electrons. The number of thiazole rings is 1. The number of fused-ring (bicyclic) bond motifs is 3. The SMILES string of the molecule is O=c1/c(=C\c2ccc(-c3ccc(Cl)c([N+](=O)[O-])c3)o2)sc2n1[C@@H](c1ccc(Br)cc1)C1=C(N=2)c2ccccc2CC1. The van der Waals surface area contributed by atoms with Gasteiger partial charge in [0.2, 0.25) is 0 Å². The van der Waals surface area contributed by atoms with Crippen LogP contribution in [0, 0.1) is 10.1 Å². The molecule has 1 aliphatic carbocycles. The molecule has 0 saturated heterocycles. The molecule has 10 heteroatoms. The number of furan rings is 1. The number of hydrogen-bond acceptors (Lipinski definition) is 6. The van der Waals surface area contributed by atoms with Gasteiger partial charge in [-0.1, -0.05) is 75.3 Å². The Morgan fingerprint density at radius 3 is 2.68 bits per heavy atom. The molecule has 2 aliphatic rings. The quantitative estimate of drug-likeness (QED) is 0.157. The molecule has 0 radical (unpaired) electrons. The third kappa shape index (κ3) is 4.50. The highest BCUT2D eigenvalue weighted by Crippen LogP contribution is 2.41. The molecular weight excluding hydrogens is 626 g/mol. The third-order valence-corrected chi connectivity index (χ3v) is 9.22. The van der Waals surface area contributed by atoms with Crippen LogP contribution in [0.2, 0.25) is 5.02 Å². The highest BCUT2D eigenvalue weighted by atomic mass is 79.9. The Hall–Kier alpha value is -4.05. The van der Waals surface area contributed by atoms with Crippen molar-refractivity contribution in [3.05, 3.63) is 146 Å². The van der Waals surface area contributed by atoms with Gasteiger partial charge >= 0.3 is 0 Å². The van der Waals surface area contributed by atoms with Gasteiger partial charge in [0.05, 0.1) is 21.2 Å². The fourth-order valence-electron chi connectivity index (χ4n) is 5.49. The maximum Gasteiger partial charge on any atom is 0.288 e. The molecule has 7 rings (SSSR count). The van der Waals surface area contributed by atoms with Crippen molar-refractivity contribution >= 4 is 56.3 Å². The minimum absolute atomic E-state index is 0.0530. The van der Waals surface area contributed by atoms with E-state index in [4.69, 9.17) is 21.0 Å². The molecule has 0 bridgehead atoms. The molecule has 3 heterocycles. The molecule has 1 aliphatic heterocycles. The van der Waals surface area contributed by atoms with Gasteiger partial charge < -0.3 is 4.42 Å². The van der Waals surface area contributed by atoms with Crippen LogP contribution in [0.25, 0.3) is 23.1 Å². The highest BCUT2D eigenvalue weighted by molar-refractivity contribution is 9.10. The van der Waals surface area contributed by atoms with E-state index >= 15 is 0 Å². The summed E-state index contributed by atoms with van der Waals surface area (Å²) in [5.74, 6) is 0.890. The summed E-state index contributed by atoms with van der Waals surface area (Å²) in [5, 5.41) is 11.4. The lowest BCUT2D eigenvalue weighted by Gasteiger charge is -2.30. The number of nitrogens with zero attached hydrogens (tertiary/aromatic N) is 3. The first kappa shape index (κ1) is 25.9. The Morgan fingerprint density at radius 1 is 1.07 bits per heavy atom. The van der Waals surface area contributed by atoms with E-state index < -0.39 is 4.92 Å². The standard InChI is InChI=1S/C31H19BrClN3O4S/c32-20-9-5-18(6-10-20)29-23-12-7-17-3-1-2-4-22(17)28(23)34-31-35(29)30(37)27(41-31)16-21-11-14-26(40-21)19-8-13-24(33)25(15-19)36(38)39/h1-6,8-11,13-16,29H,7,12H2/b27-16+/t29-/m0/s1. The van der Waals surface area contributed by atoms with E-state index in [1.807, 2.05) is 36.4 Å². The van der Waals surface area contributed by atoms with Crippen molar-refractivity contribution in [3.8, 4) is 11.3 Å². The molecule has 0 fully saturated rings. The minimum atomic E-state index is -0.531. The number of aryl methyl sites for hydroxylation is 1. The average Bonchev–Trinajstić information content (AvgIpc) is 3.57. The molecule has 0 amide bonds. The Kier molecular flexibility index (Phi) is 6.37. The fraction of sp³-hybridized carbons (Fsp3) is 0.0968. The molecular formula is C31H19BrClN3O4S. The maximum atomic E-state index is 13.9. The zero-order valence-corrected chi connectivity index (χ0v) is 24.4. The zero-order chi connectivity index (χ0) is 28.2. The number of hydrogen-bond donors (Lipinski definition) is 0. The van der Waals surface area contributed by atoms with Crippen LogP contribution in [-0.2, 0) is 6.42 Å². The van der Waals surface area contributed by atoms with E-state index in [9.17, 15) is 14.9 Å². The number of allylic oxidation sites excluding steroid dienone is 1. The van der Waals surface area contributed by atoms with Crippen LogP contribution < -0.4 is 14.9 Å². The van der Waals surface area contributed by atoms with Gasteiger partial charge in [-0.25, -0.2) is 4.99 Å². The van der Waals surface area contributed by atoms with Crippen molar-refractivity contribution in [1.29, 1.82) is 0 Å². The van der Waals surface area contributed by atoms with Crippen LogP contribution >= 0.6 is 38.9 Å². The van der Waals surface area contributed by atoms with Crippen molar-refractivity contribution < 1.29 is 9.34 Å². The second-order valence-electron chi connectivity index (χ2n) is 9.79. The van der Waals surface area contributed by atoms with E-state index in [0.29, 0.717) is 26.4 Å². The van der Waals surface area contributed by atoms with Gasteiger partial charge in [-0.3, -0.25) is 19.5 Å². The zero-order valence-electron chi connectivity index (χ0n) is 21.2. The lowest BCUT2D eigenvalue weighted by Crippen LogP contribution is -2.38. The molecule has 3 aromatic carbocycles. The van der Waals surface area contributed by atoms with Crippen LogP contribution in [0.1, 0.15) is 34.9 Å². The summed E-state index contributed by atoms with van der Waals surface area (Å²) in [6.07, 6.45) is 3.40. The van der Waals surface area contributed by atoms with E-state index in [2.05, 4.69) is 28.1 Å². The number of nitro benzene ring substituents is 1. The smallest absolute Gasteiger partial charge is 0.288 e. The van der Waals surface area contributed by atoms with Crippen LogP contribution in [-0.4, -0.2) is 9.49 Å². The van der Waals surface area contributed by atoms with E-state index in [-0.39, 0.29) is 22.3 Å². The first-order valence-electron chi connectivity index (χ1n) is 12.8. The Balaban J connectivity index is 1.37. The molecule has 7 nitrogen and oxygen atoms in total. The Bertz CT molecular complexity index is 2090. The van der Waals surface area contributed by atoms with Crippen LogP contribution in [0.5, 0.6) is 0 Å². The van der Waals surface area contributed by atoms with Crippen LogP contribution in [0.3, 0.4) is 0 Å². The molecule has 0 N–H and O–H groups in total. The van der Waals surface area contributed by atoms with Gasteiger partial charge in [-0.15, -0.1) is 0 Å². The predicted octanol–water partition coefficient (Wildman–Crippen LogP) is 6.90. The Labute approximate surface area is 250 Å². The fourth-order valence-corrected chi connectivity index (χ4v) is 6.92. The summed E-state index contributed by atoms with van der Waals surface area (Å²) in [7, 11) is 0. The average molecular weight is 645 g/mol. The van der Waals surface area contributed by atoms with Crippen LogP contribution in [0.15, 0.2) is 103 Å². The van der Waals surface area contributed by atoms with Crippen molar-refractivity contribution in [1.82, 2.24) is 4.57 Å². The minimum Gasteiger partial charge on any atom is -0.457 e. The van der Waals surface area contributed by atoms with E-state index in [0.717, 1.165) is 39.7 Å². The summed E-state index contributed by atoms with van der Waals surface area (Å²) < 4.78 is 9.24. The summed E-state index contributed by atoms with van der Waals surface area (Å²) in [4.78, 5) is 30.4. The summed E-state index contributed by atoms with van der Waals surface area (Å²) in [5.41, 5.74) is 5.64. The van der Waals surface area contributed by atoms with Gasteiger partial charge in [0.25, 0.3) is 11.2 Å². The number of nitro groups is 1. The summed E-state index contributed by atoms with van der Waals surface area (Å²) >= 11 is 10.8. The summed E-state index contributed by atoms with van der Waals surface area (Å²) in [6, 6.07) is 24.1. The molecule has 41 heavy (non-hydrogen) atoms.